The molecule has 0 aliphatic heterocycles. The molecule has 0 aliphatic rings. The summed E-state index contributed by atoms with van der Waals surface area (Å²) in [6.45, 7) is 0. The summed E-state index contributed by atoms with van der Waals surface area (Å²) in [6.07, 6.45) is 1.19. The molecule has 2 aromatic carbocycles. The molecule has 0 amide bonds. The molecule has 1 N–H and O–H groups in total. The predicted octanol–water partition coefficient (Wildman–Crippen LogP) is 2.05. The minimum atomic E-state index is -4.02. The molecule has 0 radical (unpaired) electrons. The average molecular weight is 323 g/mol. The number of non-ortho nitro benzene ring substituents is 1. The van der Waals surface area contributed by atoms with Crippen molar-refractivity contribution in [1.29, 1.82) is 0 Å². The number of rotatable bonds is 5. The van der Waals surface area contributed by atoms with Gasteiger partial charge in [-0.1, -0.05) is 18.2 Å². The largest absolute Gasteiger partial charge is 0.276 e. The second kappa shape index (κ2) is 6.31. The van der Waals surface area contributed by atoms with Crippen LogP contribution in [0.2, 0.25) is 0 Å². The molecule has 0 aromatic heterocycles. The molecule has 2 rings (SSSR count). The first-order valence-corrected chi connectivity index (χ1v) is 7.42. The second-order valence-corrected chi connectivity index (χ2v) is 5.82. The molecule has 22 heavy (non-hydrogen) atoms. The van der Waals surface area contributed by atoms with Gasteiger partial charge in [0.05, 0.1) is 16.0 Å². The van der Waals surface area contributed by atoms with Crippen LogP contribution in [0.3, 0.4) is 0 Å². The highest BCUT2D eigenvalue weighted by atomic mass is 32.2. The van der Waals surface area contributed by atoms with Gasteiger partial charge in [-0.25, -0.2) is 9.22 Å². The van der Waals surface area contributed by atoms with E-state index in [9.17, 15) is 22.9 Å². The van der Waals surface area contributed by atoms with Gasteiger partial charge in [0.15, 0.2) is 0 Å². The molecule has 7 nitrogen and oxygen atoms in total. The molecular weight excluding hydrogens is 313 g/mol. The maximum Gasteiger partial charge on any atom is 0.276 e. The maximum atomic E-state index is 12.7. The Labute approximate surface area is 125 Å². The van der Waals surface area contributed by atoms with Crippen LogP contribution in [0.4, 0.5) is 10.1 Å². The third kappa shape index (κ3) is 3.85. The molecule has 0 saturated carbocycles. The summed E-state index contributed by atoms with van der Waals surface area (Å²) in [6, 6.07) is 9.82. The number of sulfonamides is 1. The number of halogens is 1. The predicted molar refractivity (Wildman–Crippen MR) is 77.4 cm³/mol. The fourth-order valence-electron chi connectivity index (χ4n) is 1.54. The van der Waals surface area contributed by atoms with Crippen molar-refractivity contribution in [3.8, 4) is 0 Å². The molecule has 0 bridgehead atoms. The van der Waals surface area contributed by atoms with E-state index in [2.05, 4.69) is 5.10 Å². The van der Waals surface area contributed by atoms with Crippen LogP contribution >= 0.6 is 0 Å². The first-order valence-electron chi connectivity index (χ1n) is 5.93. The van der Waals surface area contributed by atoms with E-state index in [1.807, 2.05) is 4.83 Å². The van der Waals surface area contributed by atoms with Gasteiger partial charge in [-0.05, 0) is 23.8 Å². The zero-order valence-electron chi connectivity index (χ0n) is 11.0. The van der Waals surface area contributed by atoms with Crippen molar-refractivity contribution >= 4 is 21.9 Å². The van der Waals surface area contributed by atoms with Gasteiger partial charge in [-0.3, -0.25) is 10.1 Å². The normalized spacial score (nSPS) is 11.5. The molecule has 0 unspecified atom stereocenters. The lowest BCUT2D eigenvalue weighted by molar-refractivity contribution is -0.385. The first-order chi connectivity index (χ1) is 10.4. The molecule has 2 aromatic rings. The van der Waals surface area contributed by atoms with Crippen LogP contribution in [0.25, 0.3) is 0 Å². The van der Waals surface area contributed by atoms with E-state index in [-0.39, 0.29) is 10.6 Å². The number of hydrazone groups is 1. The standard InChI is InChI=1S/C13H10FN3O4S/c14-11-6-4-10(5-7-11)9-15-16-22(20,21)13-3-1-2-12(8-13)17(18)19/h1-9,16H/b15-9+. The molecule has 0 atom stereocenters. The van der Waals surface area contributed by atoms with Crippen LogP contribution in [0, 0.1) is 15.9 Å². The quantitative estimate of drug-likeness (QED) is 0.517. The molecule has 9 heteroatoms. The minimum absolute atomic E-state index is 0.280. The van der Waals surface area contributed by atoms with Crippen molar-refractivity contribution < 1.29 is 17.7 Å². The lowest BCUT2D eigenvalue weighted by atomic mass is 10.2. The van der Waals surface area contributed by atoms with Gasteiger partial charge in [-0.15, -0.1) is 0 Å². The highest BCUT2D eigenvalue weighted by molar-refractivity contribution is 7.89. The molecule has 0 fully saturated rings. The van der Waals surface area contributed by atoms with Crippen molar-refractivity contribution in [1.82, 2.24) is 4.83 Å². The zero-order chi connectivity index (χ0) is 16.2. The van der Waals surface area contributed by atoms with Crippen molar-refractivity contribution in [3.05, 3.63) is 70.0 Å². The average Bonchev–Trinajstić information content (AvgIpc) is 2.49. The summed E-state index contributed by atoms with van der Waals surface area (Å²) in [4.78, 5) is 11.6. The number of nitrogens with one attached hydrogen (secondary N) is 1. The monoisotopic (exact) mass is 323 g/mol. The summed E-state index contributed by atoms with van der Waals surface area (Å²) >= 11 is 0. The van der Waals surface area contributed by atoms with E-state index in [0.717, 1.165) is 6.07 Å². The number of nitro benzene ring substituents is 1. The number of nitro groups is 1. The minimum Gasteiger partial charge on any atom is -0.258 e. The highest BCUT2D eigenvalue weighted by Crippen LogP contribution is 2.16. The number of hydrogen-bond acceptors (Lipinski definition) is 5. The van der Waals surface area contributed by atoms with Gasteiger partial charge in [0.25, 0.3) is 15.7 Å². The summed E-state index contributed by atoms with van der Waals surface area (Å²) < 4.78 is 36.6. The van der Waals surface area contributed by atoms with Crippen LogP contribution in [-0.2, 0) is 10.0 Å². The van der Waals surface area contributed by atoms with Crippen molar-refractivity contribution in [2.75, 3.05) is 0 Å². The molecular formula is C13H10FN3O4S. The van der Waals surface area contributed by atoms with Crippen LogP contribution in [0.15, 0.2) is 58.5 Å². The molecule has 0 heterocycles. The van der Waals surface area contributed by atoms with Gasteiger partial charge in [0, 0.05) is 12.1 Å². The third-order valence-corrected chi connectivity index (χ3v) is 3.82. The van der Waals surface area contributed by atoms with Gasteiger partial charge < -0.3 is 0 Å². The summed E-state index contributed by atoms with van der Waals surface area (Å²) in [7, 11) is -4.02. The van der Waals surface area contributed by atoms with Gasteiger partial charge in [-0.2, -0.15) is 13.5 Å². The summed E-state index contributed by atoms with van der Waals surface area (Å²) in [5.74, 6) is -0.422. The Kier molecular flexibility index (Phi) is 4.47. The second-order valence-electron chi connectivity index (χ2n) is 4.16. The van der Waals surface area contributed by atoms with E-state index in [4.69, 9.17) is 0 Å². The fourth-order valence-corrected chi connectivity index (χ4v) is 2.37. The molecule has 0 aliphatic carbocycles. The Hall–Kier alpha value is -2.81. The van der Waals surface area contributed by atoms with Crippen LogP contribution in [0.1, 0.15) is 5.56 Å². The molecule has 0 saturated heterocycles. The zero-order valence-corrected chi connectivity index (χ0v) is 11.8. The Morgan fingerprint density at radius 2 is 1.86 bits per heavy atom. The van der Waals surface area contributed by atoms with Crippen LogP contribution in [0.5, 0.6) is 0 Å². The van der Waals surface area contributed by atoms with Crippen molar-refractivity contribution in [3.63, 3.8) is 0 Å². The first kappa shape index (κ1) is 15.6. The molecule has 114 valence electrons. The van der Waals surface area contributed by atoms with Gasteiger partial charge in [0.2, 0.25) is 0 Å². The smallest absolute Gasteiger partial charge is 0.258 e. The van der Waals surface area contributed by atoms with E-state index in [1.54, 1.807) is 0 Å². The van der Waals surface area contributed by atoms with Gasteiger partial charge >= 0.3 is 0 Å². The molecule has 0 spiro atoms. The summed E-state index contributed by atoms with van der Waals surface area (Å²) in [5, 5.41) is 14.2. The number of benzene rings is 2. The van der Waals surface area contributed by atoms with E-state index in [0.29, 0.717) is 5.56 Å². The van der Waals surface area contributed by atoms with Gasteiger partial charge in [0.1, 0.15) is 5.82 Å². The van der Waals surface area contributed by atoms with Crippen molar-refractivity contribution in [2.24, 2.45) is 5.10 Å². The third-order valence-electron chi connectivity index (χ3n) is 2.60. The Morgan fingerprint density at radius 1 is 1.18 bits per heavy atom. The fraction of sp³-hybridized carbons (Fsp3) is 0. The van der Waals surface area contributed by atoms with E-state index >= 15 is 0 Å². The topological polar surface area (TPSA) is 102 Å². The number of hydrogen-bond donors (Lipinski definition) is 1. The van der Waals surface area contributed by atoms with E-state index in [1.165, 1.54) is 48.7 Å². The van der Waals surface area contributed by atoms with Crippen molar-refractivity contribution in [2.45, 2.75) is 4.90 Å². The Balaban J connectivity index is 2.16. The van der Waals surface area contributed by atoms with Crippen LogP contribution < -0.4 is 4.83 Å². The maximum absolute atomic E-state index is 12.7. The lowest BCUT2D eigenvalue weighted by Crippen LogP contribution is -2.18. The number of nitrogens with zero attached hydrogens (tertiary/aromatic N) is 2. The SMILES string of the molecule is O=[N+]([O-])c1cccc(S(=O)(=O)N/N=C/c2ccc(F)cc2)c1. The lowest BCUT2D eigenvalue weighted by Gasteiger charge is -2.02. The summed E-state index contributed by atoms with van der Waals surface area (Å²) in [5.41, 5.74) is 0.147. The highest BCUT2D eigenvalue weighted by Gasteiger charge is 2.16. The Morgan fingerprint density at radius 3 is 2.50 bits per heavy atom. The van der Waals surface area contributed by atoms with Crippen LogP contribution in [-0.4, -0.2) is 19.6 Å². The van der Waals surface area contributed by atoms with E-state index < -0.39 is 20.8 Å². The Bertz CT molecular complexity index is 819.